The molecule has 120 valence electrons. The van der Waals surface area contributed by atoms with E-state index >= 15 is 0 Å². The quantitative estimate of drug-likeness (QED) is 0.930. The maximum atomic E-state index is 13.1. The first-order valence-electron chi connectivity index (χ1n) is 7.53. The molecule has 1 aromatic rings. The van der Waals surface area contributed by atoms with Gasteiger partial charge in [0.05, 0.1) is 5.56 Å². The highest BCUT2D eigenvalue weighted by Gasteiger charge is 2.49. The molecule has 1 aliphatic heterocycles. The van der Waals surface area contributed by atoms with Gasteiger partial charge < -0.3 is 10.2 Å². The monoisotopic (exact) mass is 312 g/mol. The van der Waals surface area contributed by atoms with Gasteiger partial charge in [0, 0.05) is 25.6 Å². The second kappa shape index (κ2) is 5.57. The predicted octanol–water partition coefficient (Wildman–Crippen LogP) is 2.63. The Labute approximate surface area is 127 Å². The van der Waals surface area contributed by atoms with Crippen LogP contribution in [0, 0.1) is 5.92 Å². The topological polar surface area (TPSA) is 32.3 Å². The molecule has 22 heavy (non-hydrogen) atoms. The van der Waals surface area contributed by atoms with Crippen molar-refractivity contribution in [1.29, 1.82) is 0 Å². The number of halogens is 3. The van der Waals surface area contributed by atoms with Gasteiger partial charge in [0.25, 0.3) is 0 Å². The Hall–Kier alpha value is -1.56. The lowest BCUT2D eigenvalue weighted by Gasteiger charge is -2.24. The molecule has 2 aliphatic rings. The van der Waals surface area contributed by atoms with E-state index in [0.717, 1.165) is 25.6 Å². The van der Waals surface area contributed by atoms with Crippen molar-refractivity contribution in [2.75, 3.05) is 20.1 Å². The zero-order valence-corrected chi connectivity index (χ0v) is 12.4. The van der Waals surface area contributed by atoms with Crippen LogP contribution in [0.3, 0.4) is 0 Å². The molecule has 6 heteroatoms. The second-order valence-electron chi connectivity index (χ2n) is 6.13. The number of alkyl halides is 3. The summed E-state index contributed by atoms with van der Waals surface area (Å²) in [5.41, 5.74) is -0.355. The van der Waals surface area contributed by atoms with E-state index in [0.29, 0.717) is 6.42 Å². The van der Waals surface area contributed by atoms with Crippen LogP contribution >= 0.6 is 0 Å². The number of hydrogen-bond donors (Lipinski definition) is 1. The van der Waals surface area contributed by atoms with Crippen LogP contribution in [0.1, 0.15) is 29.9 Å². The Bertz CT molecular complexity index is 567. The summed E-state index contributed by atoms with van der Waals surface area (Å²) in [6.45, 7) is 1.64. The Morgan fingerprint density at radius 1 is 1.32 bits per heavy atom. The average Bonchev–Trinajstić information content (AvgIpc) is 3.09. The van der Waals surface area contributed by atoms with Crippen LogP contribution in [0.2, 0.25) is 0 Å². The third-order valence-electron chi connectivity index (χ3n) is 4.70. The van der Waals surface area contributed by atoms with Crippen molar-refractivity contribution in [3.8, 4) is 0 Å². The molecule has 1 aromatic carbocycles. The number of carbonyl (C=O) groups excluding carboxylic acids is 1. The number of likely N-dealkylation sites (N-methyl/N-ethyl adjacent to an activating group) is 1. The van der Waals surface area contributed by atoms with Gasteiger partial charge in [0.1, 0.15) is 0 Å². The molecule has 3 atom stereocenters. The summed E-state index contributed by atoms with van der Waals surface area (Å²) in [5.74, 6) is -0.646. The Kier molecular flexibility index (Phi) is 3.89. The summed E-state index contributed by atoms with van der Waals surface area (Å²) >= 11 is 0. The minimum absolute atomic E-state index is 0.0318. The largest absolute Gasteiger partial charge is 0.416 e. The highest BCUT2D eigenvalue weighted by Crippen LogP contribution is 2.51. The maximum Gasteiger partial charge on any atom is 0.416 e. The molecule has 0 unspecified atom stereocenters. The van der Waals surface area contributed by atoms with Gasteiger partial charge in [0.15, 0.2) is 0 Å². The van der Waals surface area contributed by atoms with Crippen molar-refractivity contribution in [1.82, 2.24) is 10.2 Å². The van der Waals surface area contributed by atoms with E-state index in [1.165, 1.54) is 12.1 Å². The first-order valence-corrected chi connectivity index (χ1v) is 7.53. The zero-order valence-electron chi connectivity index (χ0n) is 12.4. The Balaban J connectivity index is 1.73. The lowest BCUT2D eigenvalue weighted by Crippen LogP contribution is -2.39. The molecular weight excluding hydrogens is 293 g/mol. The van der Waals surface area contributed by atoms with Gasteiger partial charge in [0.2, 0.25) is 5.91 Å². The van der Waals surface area contributed by atoms with Crippen molar-refractivity contribution >= 4 is 5.91 Å². The van der Waals surface area contributed by atoms with E-state index in [4.69, 9.17) is 0 Å². The summed E-state index contributed by atoms with van der Waals surface area (Å²) in [7, 11) is 1.76. The fraction of sp³-hybridized carbons (Fsp3) is 0.562. The maximum absolute atomic E-state index is 13.1. The molecular formula is C16H19F3N2O. The van der Waals surface area contributed by atoms with Crippen LogP contribution in [0.25, 0.3) is 0 Å². The van der Waals surface area contributed by atoms with E-state index < -0.39 is 11.7 Å². The van der Waals surface area contributed by atoms with Gasteiger partial charge in [-0.1, -0.05) is 18.2 Å². The first kappa shape index (κ1) is 15.3. The van der Waals surface area contributed by atoms with E-state index in [9.17, 15) is 18.0 Å². The van der Waals surface area contributed by atoms with Crippen LogP contribution < -0.4 is 5.32 Å². The van der Waals surface area contributed by atoms with Crippen molar-refractivity contribution < 1.29 is 18.0 Å². The molecule has 1 aliphatic carbocycles. The molecule has 1 heterocycles. The number of carbonyl (C=O) groups is 1. The molecule has 0 aromatic heterocycles. The predicted molar refractivity (Wildman–Crippen MR) is 76.3 cm³/mol. The van der Waals surface area contributed by atoms with E-state index in [2.05, 4.69) is 5.32 Å². The molecule has 1 saturated heterocycles. The van der Waals surface area contributed by atoms with E-state index in [1.54, 1.807) is 18.0 Å². The molecule has 1 saturated carbocycles. The van der Waals surface area contributed by atoms with Crippen LogP contribution in [0.15, 0.2) is 24.3 Å². The number of rotatable bonds is 3. The number of nitrogens with one attached hydrogen (secondary N) is 1. The van der Waals surface area contributed by atoms with Crippen LogP contribution in [0.4, 0.5) is 13.2 Å². The van der Waals surface area contributed by atoms with E-state index in [-0.39, 0.29) is 29.3 Å². The minimum atomic E-state index is -4.37. The van der Waals surface area contributed by atoms with Crippen LogP contribution in [-0.2, 0) is 11.0 Å². The van der Waals surface area contributed by atoms with Gasteiger partial charge in [-0.15, -0.1) is 0 Å². The third-order valence-corrected chi connectivity index (χ3v) is 4.70. The minimum Gasteiger partial charge on any atom is -0.341 e. The second-order valence-corrected chi connectivity index (χ2v) is 6.13. The molecule has 1 N–H and O–H groups in total. The molecule has 3 nitrogen and oxygen atoms in total. The van der Waals surface area contributed by atoms with Crippen LogP contribution in [0.5, 0.6) is 0 Å². The van der Waals surface area contributed by atoms with Gasteiger partial charge >= 0.3 is 6.18 Å². The van der Waals surface area contributed by atoms with Crippen molar-refractivity contribution in [2.45, 2.75) is 31.0 Å². The summed E-state index contributed by atoms with van der Waals surface area (Å²) in [5, 5.41) is 3.20. The van der Waals surface area contributed by atoms with Crippen molar-refractivity contribution in [2.24, 2.45) is 5.92 Å². The fourth-order valence-corrected chi connectivity index (χ4v) is 3.30. The van der Waals surface area contributed by atoms with Crippen molar-refractivity contribution in [3.05, 3.63) is 35.4 Å². The third kappa shape index (κ3) is 2.84. The number of nitrogens with zero attached hydrogens (tertiary/aromatic N) is 1. The average molecular weight is 312 g/mol. The molecule has 3 rings (SSSR count). The molecule has 0 radical (unpaired) electrons. The smallest absolute Gasteiger partial charge is 0.341 e. The van der Waals surface area contributed by atoms with Gasteiger partial charge in [-0.2, -0.15) is 13.2 Å². The lowest BCUT2D eigenvalue weighted by molar-refractivity contribution is -0.138. The molecule has 0 bridgehead atoms. The normalized spacial score (nSPS) is 27.7. The Morgan fingerprint density at radius 2 is 2.05 bits per heavy atom. The van der Waals surface area contributed by atoms with Crippen molar-refractivity contribution in [3.63, 3.8) is 0 Å². The van der Waals surface area contributed by atoms with Gasteiger partial charge in [-0.25, -0.2) is 0 Å². The zero-order chi connectivity index (χ0) is 15.9. The summed E-state index contributed by atoms with van der Waals surface area (Å²) in [4.78, 5) is 14.2. The van der Waals surface area contributed by atoms with Gasteiger partial charge in [-0.05, 0) is 36.9 Å². The molecule has 2 fully saturated rings. The molecule has 1 amide bonds. The molecule has 0 spiro atoms. The number of benzene rings is 1. The number of amides is 1. The first-order chi connectivity index (χ1) is 10.4. The van der Waals surface area contributed by atoms with Gasteiger partial charge in [-0.3, -0.25) is 4.79 Å². The Morgan fingerprint density at radius 3 is 2.68 bits per heavy atom. The lowest BCUT2D eigenvalue weighted by atomic mass is 10.0. The number of hydrogen-bond acceptors (Lipinski definition) is 2. The standard InChI is InChI=1S/C16H19F3N2O/c1-21(10-6-7-20-9-10)15(22)13-8-12(13)11-4-2-3-5-14(11)16(17,18)19/h2-5,10,12-13,20H,6-9H2,1H3/t10-,12+,13+/m0/s1. The summed E-state index contributed by atoms with van der Waals surface area (Å²) in [6.07, 6.45) is -2.96. The summed E-state index contributed by atoms with van der Waals surface area (Å²) < 4.78 is 39.2. The highest BCUT2D eigenvalue weighted by molar-refractivity contribution is 5.83. The highest BCUT2D eigenvalue weighted by atomic mass is 19.4. The van der Waals surface area contributed by atoms with E-state index in [1.807, 2.05) is 0 Å². The van der Waals surface area contributed by atoms with Crippen LogP contribution in [-0.4, -0.2) is 37.0 Å². The summed E-state index contributed by atoms with van der Waals surface area (Å²) in [6, 6.07) is 5.75. The fourth-order valence-electron chi connectivity index (χ4n) is 3.30. The SMILES string of the molecule is CN(C(=O)[C@@H]1C[C@@H]1c1ccccc1C(F)(F)F)[C@H]1CCNC1.